The average Bonchev–Trinajstić information content (AvgIpc) is 2.63. The minimum atomic E-state index is -4.70. The third-order valence-electron chi connectivity index (χ3n) is 4.03. The van der Waals surface area contributed by atoms with Gasteiger partial charge in [0.1, 0.15) is 6.42 Å². The first kappa shape index (κ1) is 25.0. The number of benzene rings is 2. The Labute approximate surface area is 182 Å². The highest BCUT2D eigenvalue weighted by Crippen LogP contribution is 2.39. The molecule has 0 bridgehead atoms. The van der Waals surface area contributed by atoms with E-state index in [9.17, 15) is 35.5 Å². The van der Waals surface area contributed by atoms with Gasteiger partial charge in [-0.15, -0.1) is 0 Å². The molecule has 1 unspecified atom stereocenters. The van der Waals surface area contributed by atoms with Crippen molar-refractivity contribution in [1.82, 2.24) is 5.32 Å². The number of alkyl halides is 6. The Balaban J connectivity index is 2.12. The molecular formula is C20H14Cl2F7NO. The van der Waals surface area contributed by atoms with Crippen LogP contribution in [0.25, 0.3) is 6.08 Å². The van der Waals surface area contributed by atoms with E-state index < -0.39 is 46.5 Å². The van der Waals surface area contributed by atoms with Crippen LogP contribution in [0.15, 0.2) is 42.5 Å². The van der Waals surface area contributed by atoms with Gasteiger partial charge in [-0.1, -0.05) is 59.6 Å². The second-order valence-electron chi connectivity index (χ2n) is 6.49. The van der Waals surface area contributed by atoms with Gasteiger partial charge in [-0.2, -0.15) is 26.3 Å². The largest absolute Gasteiger partial charge is 0.399 e. The minimum absolute atomic E-state index is 0.170. The van der Waals surface area contributed by atoms with Crippen molar-refractivity contribution in [3.63, 3.8) is 0 Å². The quantitative estimate of drug-likeness (QED) is 0.343. The summed E-state index contributed by atoms with van der Waals surface area (Å²) in [7, 11) is 0. The van der Waals surface area contributed by atoms with Gasteiger partial charge in [0.05, 0.1) is 16.0 Å². The molecule has 0 aliphatic heterocycles. The van der Waals surface area contributed by atoms with Crippen LogP contribution < -0.4 is 5.32 Å². The molecule has 0 fully saturated rings. The van der Waals surface area contributed by atoms with Gasteiger partial charge in [0.25, 0.3) is 0 Å². The second-order valence-corrected chi connectivity index (χ2v) is 7.30. The standard InChI is InChI=1S/C20H14Cl2F7NO/c21-15-7-13(8-16(22)18(15)23)14(20(27,28)29)6-5-11-1-3-12(4-2-11)10-30-17(31)9-19(24,25)26/h1-8,14H,9-10H2,(H,30,31)/b6-5+. The molecular weight excluding hydrogens is 474 g/mol. The lowest BCUT2D eigenvalue weighted by Crippen LogP contribution is -2.28. The van der Waals surface area contributed by atoms with Gasteiger partial charge in [-0.3, -0.25) is 4.79 Å². The van der Waals surface area contributed by atoms with E-state index in [0.717, 1.165) is 18.2 Å². The molecule has 1 amide bonds. The molecule has 1 atom stereocenters. The van der Waals surface area contributed by atoms with E-state index in [1.807, 2.05) is 0 Å². The molecule has 31 heavy (non-hydrogen) atoms. The van der Waals surface area contributed by atoms with E-state index >= 15 is 0 Å². The van der Waals surface area contributed by atoms with Crippen molar-refractivity contribution in [3.8, 4) is 0 Å². The van der Waals surface area contributed by atoms with E-state index in [1.54, 1.807) is 0 Å². The first-order chi connectivity index (χ1) is 14.3. The lowest BCUT2D eigenvalue weighted by atomic mass is 9.97. The van der Waals surface area contributed by atoms with E-state index in [1.165, 1.54) is 30.3 Å². The van der Waals surface area contributed by atoms with Gasteiger partial charge in [-0.05, 0) is 28.8 Å². The maximum atomic E-state index is 13.5. The molecule has 2 rings (SSSR count). The van der Waals surface area contributed by atoms with Crippen molar-refractivity contribution in [2.45, 2.75) is 31.2 Å². The van der Waals surface area contributed by atoms with Crippen LogP contribution in [-0.4, -0.2) is 18.3 Å². The maximum Gasteiger partial charge on any atom is 0.399 e. The summed E-state index contributed by atoms with van der Waals surface area (Å²) in [4.78, 5) is 11.2. The van der Waals surface area contributed by atoms with Crippen LogP contribution in [0.2, 0.25) is 10.0 Å². The SMILES string of the molecule is O=C(CC(F)(F)F)NCc1ccc(/C=C/C(c2cc(Cl)c(F)c(Cl)c2)C(F)(F)F)cc1. The van der Waals surface area contributed by atoms with Crippen LogP contribution in [-0.2, 0) is 11.3 Å². The van der Waals surface area contributed by atoms with E-state index in [-0.39, 0.29) is 12.1 Å². The van der Waals surface area contributed by atoms with Crippen molar-refractivity contribution in [2.75, 3.05) is 0 Å². The van der Waals surface area contributed by atoms with Crippen molar-refractivity contribution < 1.29 is 35.5 Å². The monoisotopic (exact) mass is 487 g/mol. The fourth-order valence-corrected chi connectivity index (χ4v) is 3.07. The van der Waals surface area contributed by atoms with E-state index in [4.69, 9.17) is 23.2 Å². The number of amides is 1. The van der Waals surface area contributed by atoms with E-state index in [0.29, 0.717) is 11.1 Å². The molecule has 1 N–H and O–H groups in total. The zero-order valence-corrected chi connectivity index (χ0v) is 16.9. The first-order valence-corrected chi connectivity index (χ1v) is 9.33. The zero-order chi connectivity index (χ0) is 23.4. The predicted molar refractivity (Wildman–Crippen MR) is 103 cm³/mol. The molecule has 2 nitrogen and oxygen atoms in total. The predicted octanol–water partition coefficient (Wildman–Crippen LogP) is 7.06. The molecule has 0 saturated carbocycles. The summed E-state index contributed by atoms with van der Waals surface area (Å²) >= 11 is 11.2. The molecule has 0 aliphatic carbocycles. The summed E-state index contributed by atoms with van der Waals surface area (Å²) in [6, 6.07) is 7.44. The van der Waals surface area contributed by atoms with Crippen molar-refractivity contribution in [1.29, 1.82) is 0 Å². The molecule has 2 aromatic rings. The topological polar surface area (TPSA) is 29.1 Å². The normalized spacial score (nSPS) is 13.5. The van der Waals surface area contributed by atoms with Crippen molar-refractivity contribution in [3.05, 3.63) is 75.0 Å². The Morgan fingerprint density at radius 1 is 1.00 bits per heavy atom. The molecule has 0 heterocycles. The van der Waals surface area contributed by atoms with Crippen molar-refractivity contribution >= 4 is 35.2 Å². The number of hydrogen-bond acceptors (Lipinski definition) is 1. The number of carbonyl (C=O) groups excluding carboxylic acids is 1. The maximum absolute atomic E-state index is 13.5. The van der Waals surface area contributed by atoms with Gasteiger partial charge >= 0.3 is 12.4 Å². The van der Waals surface area contributed by atoms with Gasteiger partial charge in [-0.25, -0.2) is 4.39 Å². The van der Waals surface area contributed by atoms with Crippen molar-refractivity contribution in [2.24, 2.45) is 0 Å². The minimum Gasteiger partial charge on any atom is -0.352 e. The summed E-state index contributed by atoms with van der Waals surface area (Å²) in [5, 5.41) is 1.02. The Kier molecular flexibility index (Phi) is 7.99. The van der Waals surface area contributed by atoms with Crippen LogP contribution in [0.1, 0.15) is 29.0 Å². The van der Waals surface area contributed by atoms with Crippen LogP contribution in [0.4, 0.5) is 30.7 Å². The Hall–Kier alpha value is -2.26. The van der Waals surface area contributed by atoms with Crippen LogP contribution in [0, 0.1) is 5.82 Å². The Morgan fingerprint density at radius 3 is 2.03 bits per heavy atom. The summed E-state index contributed by atoms with van der Waals surface area (Å²) < 4.78 is 90.3. The number of nitrogens with one attached hydrogen (secondary N) is 1. The lowest BCUT2D eigenvalue weighted by Gasteiger charge is -2.18. The summed E-state index contributed by atoms with van der Waals surface area (Å²) in [5.41, 5.74) is 0.472. The number of carbonyl (C=O) groups is 1. The fourth-order valence-electron chi connectivity index (χ4n) is 2.56. The molecule has 11 heteroatoms. The lowest BCUT2D eigenvalue weighted by molar-refractivity contribution is -0.153. The molecule has 2 aromatic carbocycles. The first-order valence-electron chi connectivity index (χ1n) is 8.58. The van der Waals surface area contributed by atoms with Gasteiger partial charge in [0, 0.05) is 6.54 Å². The summed E-state index contributed by atoms with van der Waals surface area (Å²) in [5.74, 6) is -4.32. The van der Waals surface area contributed by atoms with Gasteiger partial charge in [0.15, 0.2) is 5.82 Å². The van der Waals surface area contributed by atoms with E-state index in [2.05, 4.69) is 5.32 Å². The smallest absolute Gasteiger partial charge is 0.352 e. The molecule has 168 valence electrons. The molecule has 0 radical (unpaired) electrons. The number of hydrogen-bond donors (Lipinski definition) is 1. The Morgan fingerprint density at radius 2 is 1.55 bits per heavy atom. The van der Waals surface area contributed by atoms with Crippen LogP contribution in [0.3, 0.4) is 0 Å². The summed E-state index contributed by atoms with van der Waals surface area (Å²) in [6.07, 6.45) is -8.91. The number of rotatable bonds is 6. The molecule has 0 aromatic heterocycles. The third-order valence-corrected chi connectivity index (χ3v) is 4.58. The molecule has 0 saturated heterocycles. The third kappa shape index (κ3) is 7.74. The van der Waals surface area contributed by atoms with Gasteiger partial charge < -0.3 is 5.32 Å². The Bertz CT molecular complexity index is 930. The number of halogens is 9. The van der Waals surface area contributed by atoms with Gasteiger partial charge in [0.2, 0.25) is 5.91 Å². The zero-order valence-electron chi connectivity index (χ0n) is 15.4. The summed E-state index contributed by atoms with van der Waals surface area (Å²) in [6.45, 7) is -0.170. The fraction of sp³-hybridized carbons (Fsp3) is 0.250. The van der Waals surface area contributed by atoms with Crippen LogP contribution >= 0.6 is 23.2 Å². The number of allylic oxidation sites excluding steroid dienone is 1. The average molecular weight is 488 g/mol. The molecule has 0 aliphatic rings. The highest BCUT2D eigenvalue weighted by molar-refractivity contribution is 6.35. The second kappa shape index (κ2) is 9.91. The highest BCUT2D eigenvalue weighted by Gasteiger charge is 2.39. The molecule has 0 spiro atoms. The van der Waals surface area contributed by atoms with Crippen LogP contribution in [0.5, 0.6) is 0 Å². The highest BCUT2D eigenvalue weighted by atomic mass is 35.5.